The molecule has 0 spiro atoms. The summed E-state index contributed by atoms with van der Waals surface area (Å²) in [5.74, 6) is 0.0233. The van der Waals surface area contributed by atoms with E-state index in [-0.39, 0.29) is 16.3 Å². The molecule has 2 heterocycles. The SMILES string of the molecule is CC1CCc2c(sc(NC(=O)c3cc(Cl)ccc3[N+](=O)[O-])c2-c2nc3ccccc3s2)C1. The molecule has 0 bridgehead atoms. The lowest BCUT2D eigenvalue weighted by Gasteiger charge is -2.18. The molecule has 0 aliphatic heterocycles. The minimum atomic E-state index is -0.569. The average molecular weight is 484 g/mol. The van der Waals surface area contributed by atoms with Gasteiger partial charge in [-0.15, -0.1) is 22.7 Å². The molecule has 1 aliphatic rings. The monoisotopic (exact) mass is 483 g/mol. The van der Waals surface area contributed by atoms with Crippen LogP contribution in [-0.2, 0) is 12.8 Å². The second-order valence-corrected chi connectivity index (χ2v) is 10.5. The Balaban J connectivity index is 1.61. The van der Waals surface area contributed by atoms with Crippen LogP contribution in [0, 0.1) is 16.0 Å². The summed E-state index contributed by atoms with van der Waals surface area (Å²) in [6.07, 6.45) is 2.95. The van der Waals surface area contributed by atoms with E-state index >= 15 is 0 Å². The van der Waals surface area contributed by atoms with Crippen LogP contribution in [0.4, 0.5) is 10.7 Å². The molecule has 9 heteroatoms. The number of para-hydroxylation sites is 1. The van der Waals surface area contributed by atoms with Crippen LogP contribution in [0.25, 0.3) is 20.8 Å². The predicted octanol–water partition coefficient (Wildman–Crippen LogP) is 6.96. The second kappa shape index (κ2) is 8.27. The lowest BCUT2D eigenvalue weighted by atomic mass is 9.88. The van der Waals surface area contributed by atoms with E-state index < -0.39 is 10.8 Å². The number of rotatable bonds is 4. The number of hydrogen-bond acceptors (Lipinski definition) is 6. The summed E-state index contributed by atoms with van der Waals surface area (Å²) in [4.78, 5) is 30.1. The standard InChI is InChI=1S/C23H18ClN3O3S2/c1-12-6-8-14-19(10-12)32-23(20(14)22-25-16-4-2-3-5-18(16)31-22)26-21(28)15-11-13(24)7-9-17(15)27(29)30/h2-5,7,9,11-12H,6,8,10H2,1H3,(H,26,28). The van der Waals surface area contributed by atoms with Gasteiger partial charge in [0.25, 0.3) is 11.6 Å². The number of nitrogens with zero attached hydrogens (tertiary/aromatic N) is 2. The molecule has 5 rings (SSSR count). The van der Waals surface area contributed by atoms with E-state index in [4.69, 9.17) is 16.6 Å². The number of thiophene rings is 1. The summed E-state index contributed by atoms with van der Waals surface area (Å²) in [5.41, 5.74) is 2.75. The van der Waals surface area contributed by atoms with Gasteiger partial charge in [0.05, 0.1) is 15.1 Å². The largest absolute Gasteiger partial charge is 0.313 e. The number of amides is 1. The highest BCUT2D eigenvalue weighted by Crippen LogP contribution is 2.47. The fraction of sp³-hybridized carbons (Fsp3) is 0.217. The second-order valence-electron chi connectivity index (χ2n) is 7.92. The van der Waals surface area contributed by atoms with Gasteiger partial charge in [-0.2, -0.15) is 0 Å². The maximum atomic E-state index is 13.1. The predicted molar refractivity (Wildman–Crippen MR) is 130 cm³/mol. The zero-order valence-electron chi connectivity index (χ0n) is 17.1. The van der Waals surface area contributed by atoms with Crippen LogP contribution in [0.2, 0.25) is 5.02 Å². The van der Waals surface area contributed by atoms with E-state index in [1.807, 2.05) is 24.3 Å². The van der Waals surface area contributed by atoms with Gasteiger partial charge in [-0.1, -0.05) is 30.7 Å². The number of carbonyl (C=O) groups excluding carboxylic acids is 1. The summed E-state index contributed by atoms with van der Waals surface area (Å²) in [5, 5.41) is 16.2. The molecule has 1 atom stereocenters. The first-order valence-corrected chi connectivity index (χ1v) is 12.2. The lowest BCUT2D eigenvalue weighted by Crippen LogP contribution is -2.14. The van der Waals surface area contributed by atoms with E-state index in [0.717, 1.165) is 40.1 Å². The van der Waals surface area contributed by atoms with Gasteiger partial charge in [0.2, 0.25) is 0 Å². The van der Waals surface area contributed by atoms with Crippen molar-refractivity contribution in [3.05, 3.63) is 73.6 Å². The van der Waals surface area contributed by atoms with Crippen molar-refractivity contribution in [1.29, 1.82) is 0 Å². The number of thiazole rings is 1. The van der Waals surface area contributed by atoms with Gasteiger partial charge in [-0.25, -0.2) is 4.98 Å². The van der Waals surface area contributed by atoms with Crippen LogP contribution in [0.1, 0.15) is 34.1 Å². The molecular weight excluding hydrogens is 466 g/mol. The highest BCUT2D eigenvalue weighted by Gasteiger charge is 2.29. The Labute approximate surface area is 197 Å². The summed E-state index contributed by atoms with van der Waals surface area (Å²) < 4.78 is 1.08. The fourth-order valence-corrected chi connectivity index (χ4v) is 6.75. The van der Waals surface area contributed by atoms with Crippen molar-refractivity contribution in [1.82, 2.24) is 4.98 Å². The molecule has 2 aromatic heterocycles. The topological polar surface area (TPSA) is 85.1 Å². The number of halogens is 1. The molecule has 1 amide bonds. The van der Waals surface area contributed by atoms with Gasteiger partial charge < -0.3 is 5.32 Å². The third-order valence-corrected chi connectivity index (χ3v) is 8.11. The van der Waals surface area contributed by atoms with Gasteiger partial charge >= 0.3 is 0 Å². The van der Waals surface area contributed by atoms with Crippen molar-refractivity contribution >= 4 is 61.1 Å². The number of benzene rings is 2. The molecule has 1 aliphatic carbocycles. The summed E-state index contributed by atoms with van der Waals surface area (Å²) in [6.45, 7) is 2.23. The van der Waals surface area contributed by atoms with Crippen LogP contribution >= 0.6 is 34.3 Å². The van der Waals surface area contributed by atoms with Gasteiger partial charge in [0.1, 0.15) is 15.6 Å². The third-order valence-electron chi connectivity index (χ3n) is 5.65. The molecule has 162 valence electrons. The molecule has 1 unspecified atom stereocenters. The van der Waals surface area contributed by atoms with E-state index in [1.54, 1.807) is 22.7 Å². The van der Waals surface area contributed by atoms with Crippen LogP contribution in [-0.4, -0.2) is 15.8 Å². The van der Waals surface area contributed by atoms with Gasteiger partial charge in [-0.05, 0) is 55.0 Å². The summed E-state index contributed by atoms with van der Waals surface area (Å²) in [7, 11) is 0. The highest BCUT2D eigenvalue weighted by molar-refractivity contribution is 7.23. The Morgan fingerprint density at radius 3 is 2.84 bits per heavy atom. The molecular formula is C23H18ClN3O3S2. The third kappa shape index (κ3) is 3.79. The van der Waals surface area contributed by atoms with Crippen molar-refractivity contribution in [3.8, 4) is 10.6 Å². The first kappa shape index (κ1) is 21.1. The number of anilines is 1. The molecule has 0 fully saturated rings. The van der Waals surface area contributed by atoms with Gasteiger partial charge in [-0.3, -0.25) is 14.9 Å². The number of nitrogens with one attached hydrogen (secondary N) is 1. The quantitative estimate of drug-likeness (QED) is 0.251. The Morgan fingerprint density at radius 2 is 2.06 bits per heavy atom. The molecule has 4 aromatic rings. The molecule has 0 radical (unpaired) electrons. The zero-order chi connectivity index (χ0) is 22.4. The fourth-order valence-electron chi connectivity index (χ4n) is 4.06. The maximum Gasteiger partial charge on any atom is 0.282 e. The molecule has 1 N–H and O–H groups in total. The Bertz CT molecular complexity index is 1350. The Kier molecular flexibility index (Phi) is 5.44. The molecule has 2 aromatic carbocycles. The van der Waals surface area contributed by atoms with Crippen LogP contribution in [0.5, 0.6) is 0 Å². The highest BCUT2D eigenvalue weighted by atomic mass is 35.5. The maximum absolute atomic E-state index is 13.1. The molecule has 0 saturated carbocycles. The normalized spacial score (nSPS) is 15.5. The zero-order valence-corrected chi connectivity index (χ0v) is 19.4. The van der Waals surface area contributed by atoms with Crippen molar-refractivity contribution in [2.75, 3.05) is 5.32 Å². The van der Waals surface area contributed by atoms with Crippen molar-refractivity contribution in [3.63, 3.8) is 0 Å². The van der Waals surface area contributed by atoms with Gasteiger partial charge in [0.15, 0.2) is 0 Å². The summed E-state index contributed by atoms with van der Waals surface area (Å²) >= 11 is 9.17. The smallest absolute Gasteiger partial charge is 0.282 e. The van der Waals surface area contributed by atoms with E-state index in [0.29, 0.717) is 10.9 Å². The Hall–Kier alpha value is -2.81. The molecule has 6 nitrogen and oxygen atoms in total. The number of nitro groups is 1. The lowest BCUT2D eigenvalue weighted by molar-refractivity contribution is -0.385. The van der Waals surface area contributed by atoms with Crippen molar-refractivity contribution in [2.45, 2.75) is 26.2 Å². The number of carbonyl (C=O) groups is 1. The average Bonchev–Trinajstić information content (AvgIpc) is 3.33. The van der Waals surface area contributed by atoms with E-state index in [9.17, 15) is 14.9 Å². The minimum absolute atomic E-state index is 0.0579. The number of fused-ring (bicyclic) bond motifs is 2. The van der Waals surface area contributed by atoms with Crippen molar-refractivity contribution in [2.24, 2.45) is 5.92 Å². The first-order chi connectivity index (χ1) is 15.4. The van der Waals surface area contributed by atoms with Gasteiger partial charge in [0, 0.05) is 21.5 Å². The first-order valence-electron chi connectivity index (χ1n) is 10.2. The summed E-state index contributed by atoms with van der Waals surface area (Å²) in [6, 6.07) is 11.9. The minimum Gasteiger partial charge on any atom is -0.313 e. The van der Waals surface area contributed by atoms with E-state index in [2.05, 4.69) is 12.2 Å². The van der Waals surface area contributed by atoms with E-state index in [1.165, 1.54) is 28.6 Å². The number of hydrogen-bond donors (Lipinski definition) is 1. The molecule has 32 heavy (non-hydrogen) atoms. The van der Waals surface area contributed by atoms with Crippen LogP contribution in [0.3, 0.4) is 0 Å². The number of aromatic nitrogens is 1. The number of nitro benzene ring substituents is 1. The Morgan fingerprint density at radius 1 is 1.25 bits per heavy atom. The molecule has 0 saturated heterocycles. The van der Waals surface area contributed by atoms with Crippen LogP contribution < -0.4 is 5.32 Å². The van der Waals surface area contributed by atoms with Crippen LogP contribution in [0.15, 0.2) is 42.5 Å². The van der Waals surface area contributed by atoms with Crippen molar-refractivity contribution < 1.29 is 9.72 Å².